The molecule has 0 saturated carbocycles. The van der Waals surface area contributed by atoms with Crippen LogP contribution < -0.4 is 5.32 Å². The van der Waals surface area contributed by atoms with E-state index in [4.69, 9.17) is 0 Å². The van der Waals surface area contributed by atoms with Crippen LogP contribution in [0.25, 0.3) is 0 Å². The van der Waals surface area contributed by atoms with E-state index in [0.717, 1.165) is 70.0 Å². The van der Waals surface area contributed by atoms with Crippen LogP contribution in [0.1, 0.15) is 27.3 Å². The number of rotatable bonds is 6. The van der Waals surface area contributed by atoms with Gasteiger partial charge in [0.1, 0.15) is 11.5 Å². The summed E-state index contributed by atoms with van der Waals surface area (Å²) < 4.78 is 15.5. The van der Waals surface area contributed by atoms with Gasteiger partial charge in [-0.2, -0.15) is 0 Å². The standard InChI is InChI=1S/C23H32FN5O/c1-26-10-12-28(13-11-26)9-7-25-23(30)22-15-19-17-29(8-6-21(19)27(22)2)16-18-4-3-5-20(24)14-18/h3-5,14-15H,6-13,16-17H2,1-2H3,(H,25,30). The summed E-state index contributed by atoms with van der Waals surface area (Å²) in [4.78, 5) is 19.8. The normalized spacial score (nSPS) is 18.4. The van der Waals surface area contributed by atoms with Crippen LogP contribution in [-0.2, 0) is 26.6 Å². The van der Waals surface area contributed by atoms with Gasteiger partial charge in [0.2, 0.25) is 0 Å². The number of fused-ring (bicyclic) bond motifs is 1. The van der Waals surface area contributed by atoms with Gasteiger partial charge in [-0.1, -0.05) is 12.1 Å². The van der Waals surface area contributed by atoms with Crippen LogP contribution in [0.3, 0.4) is 0 Å². The lowest BCUT2D eigenvalue weighted by molar-refractivity contribution is 0.0932. The molecule has 0 bridgehead atoms. The fourth-order valence-corrected chi connectivity index (χ4v) is 4.49. The minimum absolute atomic E-state index is 0.00212. The number of likely N-dealkylation sites (N-methyl/N-ethyl adjacent to an activating group) is 1. The number of aromatic nitrogens is 1. The first-order chi connectivity index (χ1) is 14.5. The Kier molecular flexibility index (Phi) is 6.51. The lowest BCUT2D eigenvalue weighted by atomic mass is 10.1. The molecule has 0 unspecified atom stereocenters. The predicted octanol–water partition coefficient (Wildman–Crippen LogP) is 1.70. The number of hydrogen-bond donors (Lipinski definition) is 1. The van der Waals surface area contributed by atoms with Crippen LogP contribution in [0, 0.1) is 5.82 Å². The van der Waals surface area contributed by atoms with Crippen molar-refractivity contribution in [2.24, 2.45) is 7.05 Å². The molecule has 0 atom stereocenters. The van der Waals surface area contributed by atoms with E-state index in [1.54, 1.807) is 12.1 Å². The Balaban J connectivity index is 1.32. The number of halogens is 1. The van der Waals surface area contributed by atoms with Gasteiger partial charge >= 0.3 is 0 Å². The minimum atomic E-state index is -0.194. The molecule has 2 aliphatic heterocycles. The highest BCUT2D eigenvalue weighted by Crippen LogP contribution is 2.24. The Bertz CT molecular complexity index is 888. The third-order valence-corrected chi connectivity index (χ3v) is 6.34. The molecule has 1 saturated heterocycles. The Morgan fingerprint density at radius 1 is 1.07 bits per heavy atom. The fourth-order valence-electron chi connectivity index (χ4n) is 4.49. The Morgan fingerprint density at radius 2 is 1.87 bits per heavy atom. The van der Waals surface area contributed by atoms with E-state index >= 15 is 0 Å². The zero-order valence-corrected chi connectivity index (χ0v) is 18.0. The molecule has 4 rings (SSSR count). The molecular weight excluding hydrogens is 381 g/mol. The predicted molar refractivity (Wildman–Crippen MR) is 116 cm³/mol. The zero-order chi connectivity index (χ0) is 21.1. The molecule has 6 nitrogen and oxygen atoms in total. The number of amides is 1. The molecule has 162 valence electrons. The number of benzene rings is 1. The fraction of sp³-hybridized carbons (Fsp3) is 0.522. The second-order valence-corrected chi connectivity index (χ2v) is 8.55. The Labute approximate surface area is 178 Å². The second kappa shape index (κ2) is 9.29. The number of carbonyl (C=O) groups excluding carboxylic acids is 1. The van der Waals surface area contributed by atoms with Crippen molar-refractivity contribution in [3.8, 4) is 0 Å². The molecule has 0 radical (unpaired) electrons. The van der Waals surface area contributed by atoms with E-state index in [1.807, 2.05) is 23.7 Å². The molecule has 1 amide bonds. The highest BCUT2D eigenvalue weighted by molar-refractivity contribution is 5.93. The zero-order valence-electron chi connectivity index (χ0n) is 18.0. The van der Waals surface area contributed by atoms with Crippen LogP contribution in [0.15, 0.2) is 30.3 Å². The van der Waals surface area contributed by atoms with Gasteiger partial charge in [-0.05, 0) is 36.4 Å². The van der Waals surface area contributed by atoms with Crippen molar-refractivity contribution in [2.75, 3.05) is 52.9 Å². The number of nitrogens with one attached hydrogen (secondary N) is 1. The third kappa shape index (κ3) is 4.91. The van der Waals surface area contributed by atoms with E-state index in [-0.39, 0.29) is 11.7 Å². The van der Waals surface area contributed by atoms with Gasteiger partial charge in [0, 0.05) is 78.1 Å². The quantitative estimate of drug-likeness (QED) is 0.783. The van der Waals surface area contributed by atoms with Gasteiger partial charge < -0.3 is 14.8 Å². The Hall–Kier alpha value is -2.22. The molecule has 1 fully saturated rings. The van der Waals surface area contributed by atoms with Crippen LogP contribution >= 0.6 is 0 Å². The van der Waals surface area contributed by atoms with Crippen LogP contribution in [-0.4, -0.2) is 78.0 Å². The van der Waals surface area contributed by atoms with E-state index in [9.17, 15) is 9.18 Å². The summed E-state index contributed by atoms with van der Waals surface area (Å²) in [6.45, 7) is 8.28. The number of piperazine rings is 1. The maximum absolute atomic E-state index is 13.5. The molecule has 1 aromatic carbocycles. The molecule has 2 aromatic rings. The van der Waals surface area contributed by atoms with Crippen molar-refractivity contribution < 1.29 is 9.18 Å². The molecule has 2 aliphatic rings. The van der Waals surface area contributed by atoms with Gasteiger partial charge in [0.25, 0.3) is 5.91 Å². The highest BCUT2D eigenvalue weighted by Gasteiger charge is 2.24. The van der Waals surface area contributed by atoms with Crippen molar-refractivity contribution in [3.05, 3.63) is 58.7 Å². The number of hydrogen-bond acceptors (Lipinski definition) is 4. The van der Waals surface area contributed by atoms with E-state index in [1.165, 1.54) is 17.3 Å². The topological polar surface area (TPSA) is 43.8 Å². The highest BCUT2D eigenvalue weighted by atomic mass is 19.1. The van der Waals surface area contributed by atoms with Gasteiger partial charge in [-0.3, -0.25) is 14.6 Å². The maximum atomic E-state index is 13.5. The smallest absolute Gasteiger partial charge is 0.267 e. The summed E-state index contributed by atoms with van der Waals surface area (Å²) in [7, 11) is 4.13. The first kappa shape index (κ1) is 21.0. The maximum Gasteiger partial charge on any atom is 0.267 e. The molecule has 3 heterocycles. The van der Waals surface area contributed by atoms with Gasteiger partial charge in [0.15, 0.2) is 0 Å². The third-order valence-electron chi connectivity index (χ3n) is 6.34. The summed E-state index contributed by atoms with van der Waals surface area (Å²) in [5, 5.41) is 3.09. The molecule has 30 heavy (non-hydrogen) atoms. The molecule has 1 aromatic heterocycles. The van der Waals surface area contributed by atoms with E-state index < -0.39 is 0 Å². The van der Waals surface area contributed by atoms with Crippen LogP contribution in [0.5, 0.6) is 0 Å². The average molecular weight is 414 g/mol. The number of nitrogens with zero attached hydrogens (tertiary/aromatic N) is 4. The first-order valence-electron chi connectivity index (χ1n) is 10.8. The molecule has 0 aliphatic carbocycles. The second-order valence-electron chi connectivity index (χ2n) is 8.55. The van der Waals surface area contributed by atoms with E-state index in [2.05, 4.69) is 27.1 Å². The first-order valence-corrected chi connectivity index (χ1v) is 10.8. The van der Waals surface area contributed by atoms with Gasteiger partial charge in [-0.25, -0.2) is 4.39 Å². The van der Waals surface area contributed by atoms with Crippen molar-refractivity contribution in [1.29, 1.82) is 0 Å². The summed E-state index contributed by atoms with van der Waals surface area (Å²) in [6, 6.07) is 8.82. The lowest BCUT2D eigenvalue weighted by Crippen LogP contribution is -2.47. The lowest BCUT2D eigenvalue weighted by Gasteiger charge is -2.32. The molecule has 1 N–H and O–H groups in total. The van der Waals surface area contributed by atoms with Crippen molar-refractivity contribution >= 4 is 5.91 Å². The van der Waals surface area contributed by atoms with Crippen molar-refractivity contribution in [1.82, 2.24) is 24.6 Å². The van der Waals surface area contributed by atoms with Gasteiger partial charge in [0.05, 0.1) is 0 Å². The monoisotopic (exact) mass is 413 g/mol. The largest absolute Gasteiger partial charge is 0.349 e. The summed E-state index contributed by atoms with van der Waals surface area (Å²) in [5.74, 6) is -0.196. The number of carbonyl (C=O) groups is 1. The SMILES string of the molecule is CN1CCN(CCNC(=O)c2cc3c(n2C)CCN(Cc2cccc(F)c2)C3)CC1. The summed E-state index contributed by atoms with van der Waals surface area (Å²) in [6.07, 6.45) is 0.899. The summed E-state index contributed by atoms with van der Waals surface area (Å²) in [5.41, 5.74) is 4.14. The minimum Gasteiger partial charge on any atom is -0.349 e. The van der Waals surface area contributed by atoms with Gasteiger partial charge in [-0.15, -0.1) is 0 Å². The Morgan fingerprint density at radius 3 is 2.63 bits per heavy atom. The van der Waals surface area contributed by atoms with Crippen molar-refractivity contribution in [2.45, 2.75) is 19.5 Å². The van der Waals surface area contributed by atoms with Crippen molar-refractivity contribution in [3.63, 3.8) is 0 Å². The molecular formula is C23H32FN5O. The molecule has 0 spiro atoms. The average Bonchev–Trinajstić information content (AvgIpc) is 3.05. The van der Waals surface area contributed by atoms with E-state index in [0.29, 0.717) is 6.54 Å². The molecule has 7 heteroatoms. The van der Waals surface area contributed by atoms with Crippen LogP contribution in [0.2, 0.25) is 0 Å². The summed E-state index contributed by atoms with van der Waals surface area (Å²) >= 11 is 0. The van der Waals surface area contributed by atoms with Crippen LogP contribution in [0.4, 0.5) is 4.39 Å².